The van der Waals surface area contributed by atoms with Gasteiger partial charge in [0.15, 0.2) is 0 Å². The first-order chi connectivity index (χ1) is 6.67. The minimum atomic E-state index is -0.468. The lowest BCUT2D eigenvalue weighted by Crippen LogP contribution is -2.11. The highest BCUT2D eigenvalue weighted by Crippen LogP contribution is 2.14. The van der Waals surface area contributed by atoms with E-state index in [1.54, 1.807) is 6.07 Å². The van der Waals surface area contributed by atoms with E-state index in [0.29, 0.717) is 12.2 Å². The Hall–Kier alpha value is -1.55. The molecular weight excluding hydrogens is 180 g/mol. The van der Waals surface area contributed by atoms with Gasteiger partial charge in [-0.05, 0) is 30.2 Å². The van der Waals surface area contributed by atoms with E-state index in [1.165, 1.54) is 7.11 Å². The molecule has 0 aromatic heterocycles. The number of hydrogen-bond donors (Lipinski definition) is 2. The standard InChI is InChI=1S/C10H14N2O2/c1-7-5-9(12-10(13)14-2)4-3-8(7)6-11/h3-5H,6,11H2,1-2H3,(H,12,13). The van der Waals surface area contributed by atoms with E-state index in [-0.39, 0.29) is 0 Å². The Balaban J connectivity index is 2.81. The van der Waals surface area contributed by atoms with Crippen molar-refractivity contribution >= 4 is 11.8 Å². The van der Waals surface area contributed by atoms with E-state index in [0.717, 1.165) is 11.1 Å². The van der Waals surface area contributed by atoms with Crippen molar-refractivity contribution in [2.24, 2.45) is 5.73 Å². The van der Waals surface area contributed by atoms with Crippen LogP contribution in [0.4, 0.5) is 10.5 Å². The maximum absolute atomic E-state index is 10.9. The first kappa shape index (κ1) is 10.5. The average molecular weight is 194 g/mol. The van der Waals surface area contributed by atoms with E-state index in [9.17, 15) is 4.79 Å². The van der Waals surface area contributed by atoms with Crippen LogP contribution >= 0.6 is 0 Å². The summed E-state index contributed by atoms with van der Waals surface area (Å²) in [5.41, 5.74) is 8.36. The topological polar surface area (TPSA) is 64.3 Å². The van der Waals surface area contributed by atoms with Crippen LogP contribution in [0.1, 0.15) is 11.1 Å². The number of anilines is 1. The number of nitrogens with two attached hydrogens (primary N) is 1. The number of nitrogens with one attached hydrogen (secondary N) is 1. The summed E-state index contributed by atoms with van der Waals surface area (Å²) in [6.07, 6.45) is -0.468. The molecule has 1 rings (SSSR count). The molecule has 0 unspecified atom stereocenters. The second-order valence-electron chi connectivity index (χ2n) is 2.96. The maximum atomic E-state index is 10.9. The summed E-state index contributed by atoms with van der Waals surface area (Å²) in [4.78, 5) is 10.9. The van der Waals surface area contributed by atoms with Crippen molar-refractivity contribution in [1.82, 2.24) is 0 Å². The van der Waals surface area contributed by atoms with Crippen molar-refractivity contribution < 1.29 is 9.53 Å². The van der Waals surface area contributed by atoms with Gasteiger partial charge in [-0.15, -0.1) is 0 Å². The molecule has 1 aromatic carbocycles. The molecule has 3 N–H and O–H groups in total. The zero-order chi connectivity index (χ0) is 10.6. The van der Waals surface area contributed by atoms with Gasteiger partial charge in [0.25, 0.3) is 0 Å². The van der Waals surface area contributed by atoms with Gasteiger partial charge in [0, 0.05) is 12.2 Å². The fourth-order valence-electron chi connectivity index (χ4n) is 1.17. The van der Waals surface area contributed by atoms with Gasteiger partial charge >= 0.3 is 6.09 Å². The molecule has 0 fully saturated rings. The second kappa shape index (κ2) is 4.62. The molecule has 1 amide bonds. The minimum absolute atomic E-state index is 0.468. The van der Waals surface area contributed by atoms with E-state index in [1.807, 2.05) is 19.1 Å². The lowest BCUT2D eigenvalue weighted by atomic mass is 10.1. The van der Waals surface area contributed by atoms with Gasteiger partial charge in [0.05, 0.1) is 7.11 Å². The zero-order valence-corrected chi connectivity index (χ0v) is 8.33. The van der Waals surface area contributed by atoms with E-state index >= 15 is 0 Å². The predicted molar refractivity (Wildman–Crippen MR) is 55.1 cm³/mol. The Kier molecular flexibility index (Phi) is 3.48. The second-order valence-corrected chi connectivity index (χ2v) is 2.96. The quantitative estimate of drug-likeness (QED) is 0.752. The predicted octanol–water partition coefficient (Wildman–Crippen LogP) is 1.63. The zero-order valence-electron chi connectivity index (χ0n) is 8.33. The third kappa shape index (κ3) is 2.47. The monoisotopic (exact) mass is 194 g/mol. The minimum Gasteiger partial charge on any atom is -0.453 e. The Morgan fingerprint density at radius 1 is 1.57 bits per heavy atom. The van der Waals surface area contributed by atoms with Gasteiger partial charge in [-0.25, -0.2) is 4.79 Å². The van der Waals surface area contributed by atoms with Crippen LogP contribution in [-0.2, 0) is 11.3 Å². The third-order valence-corrected chi connectivity index (χ3v) is 1.99. The van der Waals surface area contributed by atoms with Crippen molar-refractivity contribution in [3.05, 3.63) is 29.3 Å². The highest BCUT2D eigenvalue weighted by molar-refractivity contribution is 5.84. The number of carbonyl (C=O) groups is 1. The molecule has 0 aliphatic heterocycles. The molecule has 0 aliphatic carbocycles. The molecule has 0 atom stereocenters. The Morgan fingerprint density at radius 3 is 2.79 bits per heavy atom. The molecule has 0 saturated carbocycles. The van der Waals surface area contributed by atoms with Gasteiger partial charge in [-0.2, -0.15) is 0 Å². The smallest absolute Gasteiger partial charge is 0.411 e. The highest BCUT2D eigenvalue weighted by atomic mass is 16.5. The van der Waals surface area contributed by atoms with Gasteiger partial charge in [0.2, 0.25) is 0 Å². The Bertz CT molecular complexity index is 337. The molecule has 4 heteroatoms. The van der Waals surface area contributed by atoms with Crippen LogP contribution in [0, 0.1) is 6.92 Å². The summed E-state index contributed by atoms with van der Waals surface area (Å²) in [6, 6.07) is 5.55. The molecule has 76 valence electrons. The molecular formula is C10H14N2O2. The first-order valence-corrected chi connectivity index (χ1v) is 4.32. The van der Waals surface area contributed by atoms with Crippen molar-refractivity contribution in [2.75, 3.05) is 12.4 Å². The number of amides is 1. The van der Waals surface area contributed by atoms with Crippen molar-refractivity contribution in [3.63, 3.8) is 0 Å². The number of carbonyl (C=O) groups excluding carboxylic acids is 1. The maximum Gasteiger partial charge on any atom is 0.411 e. The number of ether oxygens (including phenoxy) is 1. The lowest BCUT2D eigenvalue weighted by molar-refractivity contribution is 0.187. The summed E-state index contributed by atoms with van der Waals surface area (Å²) in [5, 5.41) is 2.58. The van der Waals surface area contributed by atoms with Crippen LogP contribution in [-0.4, -0.2) is 13.2 Å². The normalized spacial score (nSPS) is 9.64. The van der Waals surface area contributed by atoms with Gasteiger partial charge in [-0.1, -0.05) is 6.07 Å². The number of methoxy groups -OCH3 is 1. The number of benzene rings is 1. The van der Waals surface area contributed by atoms with Crippen molar-refractivity contribution in [3.8, 4) is 0 Å². The van der Waals surface area contributed by atoms with Crippen LogP contribution in [0.5, 0.6) is 0 Å². The fourth-order valence-corrected chi connectivity index (χ4v) is 1.17. The van der Waals surface area contributed by atoms with Crippen molar-refractivity contribution in [1.29, 1.82) is 0 Å². The van der Waals surface area contributed by atoms with Gasteiger partial charge < -0.3 is 10.5 Å². The largest absolute Gasteiger partial charge is 0.453 e. The highest BCUT2D eigenvalue weighted by Gasteiger charge is 2.02. The summed E-state index contributed by atoms with van der Waals surface area (Å²) >= 11 is 0. The molecule has 0 spiro atoms. The summed E-state index contributed by atoms with van der Waals surface area (Å²) in [6.45, 7) is 2.45. The molecule has 0 aliphatic rings. The summed E-state index contributed by atoms with van der Waals surface area (Å²) in [5.74, 6) is 0. The Labute approximate surface area is 83.1 Å². The lowest BCUT2D eigenvalue weighted by Gasteiger charge is -2.07. The van der Waals surface area contributed by atoms with E-state index < -0.39 is 6.09 Å². The fraction of sp³-hybridized carbons (Fsp3) is 0.300. The van der Waals surface area contributed by atoms with Crippen LogP contribution < -0.4 is 11.1 Å². The molecule has 1 aromatic rings. The van der Waals surface area contributed by atoms with Crippen molar-refractivity contribution in [2.45, 2.75) is 13.5 Å². The van der Waals surface area contributed by atoms with Gasteiger partial charge in [-0.3, -0.25) is 5.32 Å². The number of rotatable bonds is 2. The summed E-state index contributed by atoms with van der Waals surface area (Å²) < 4.78 is 4.48. The van der Waals surface area contributed by atoms with E-state index in [4.69, 9.17) is 5.73 Å². The Morgan fingerprint density at radius 2 is 2.29 bits per heavy atom. The summed E-state index contributed by atoms with van der Waals surface area (Å²) in [7, 11) is 1.33. The molecule has 0 bridgehead atoms. The number of aryl methyl sites for hydroxylation is 1. The average Bonchev–Trinajstić information content (AvgIpc) is 2.18. The molecule has 0 saturated heterocycles. The van der Waals surface area contributed by atoms with Crippen LogP contribution in [0.15, 0.2) is 18.2 Å². The molecule has 0 heterocycles. The van der Waals surface area contributed by atoms with Crippen LogP contribution in [0.2, 0.25) is 0 Å². The third-order valence-electron chi connectivity index (χ3n) is 1.99. The van der Waals surface area contributed by atoms with E-state index in [2.05, 4.69) is 10.1 Å². The first-order valence-electron chi connectivity index (χ1n) is 4.32. The molecule has 0 radical (unpaired) electrons. The SMILES string of the molecule is COC(=O)Nc1ccc(CN)c(C)c1. The molecule has 14 heavy (non-hydrogen) atoms. The van der Waals surface area contributed by atoms with Crippen LogP contribution in [0.25, 0.3) is 0 Å². The van der Waals surface area contributed by atoms with Gasteiger partial charge in [0.1, 0.15) is 0 Å². The molecule has 4 nitrogen and oxygen atoms in total. The van der Waals surface area contributed by atoms with Crippen LogP contribution in [0.3, 0.4) is 0 Å². The number of hydrogen-bond acceptors (Lipinski definition) is 3.